The lowest BCUT2D eigenvalue weighted by molar-refractivity contribution is 0.192. The minimum Gasteiger partial charge on any atom is -0.365 e. The highest BCUT2D eigenvalue weighted by Crippen LogP contribution is 2.19. The van der Waals surface area contributed by atoms with E-state index in [-0.39, 0.29) is 0 Å². The Morgan fingerprint density at radius 3 is 2.79 bits per heavy atom. The monoisotopic (exact) mass is 405 g/mol. The highest BCUT2D eigenvalue weighted by molar-refractivity contribution is 7.80. The number of ether oxygens (including phenoxy) is 1. The number of thiocarbonyl (C=S) groups is 1. The second kappa shape index (κ2) is 8.72. The number of pyridine rings is 1. The molecule has 8 nitrogen and oxygen atoms in total. The average molecular weight is 405 g/mol. The molecule has 0 aliphatic rings. The molecule has 0 fully saturated rings. The Bertz CT molecular complexity index is 1130. The van der Waals surface area contributed by atoms with Crippen molar-refractivity contribution in [3.05, 3.63) is 66.6 Å². The van der Waals surface area contributed by atoms with Crippen LogP contribution in [0.25, 0.3) is 22.4 Å². The first kappa shape index (κ1) is 18.9. The van der Waals surface area contributed by atoms with E-state index in [2.05, 4.69) is 42.8 Å². The van der Waals surface area contributed by atoms with Gasteiger partial charge < -0.3 is 15.4 Å². The normalized spacial score (nSPS) is 10.8. The predicted molar refractivity (Wildman–Crippen MR) is 115 cm³/mol. The third-order valence-electron chi connectivity index (χ3n) is 4.14. The van der Waals surface area contributed by atoms with Crippen molar-refractivity contribution in [3.63, 3.8) is 0 Å². The average Bonchev–Trinajstić information content (AvgIpc) is 3.21. The van der Waals surface area contributed by atoms with Gasteiger partial charge in [0.15, 0.2) is 10.8 Å². The summed E-state index contributed by atoms with van der Waals surface area (Å²) >= 11 is 5.19. The Hall–Kier alpha value is -3.43. The van der Waals surface area contributed by atoms with Crippen molar-refractivity contribution >= 4 is 34.3 Å². The first-order valence-electron chi connectivity index (χ1n) is 8.95. The fraction of sp³-hybridized carbons (Fsp3) is 0.150. The number of fused-ring (bicyclic) bond motifs is 1. The molecule has 0 bridgehead atoms. The fourth-order valence-electron chi connectivity index (χ4n) is 2.76. The Morgan fingerprint density at radius 2 is 1.97 bits per heavy atom. The highest BCUT2D eigenvalue weighted by atomic mass is 32.1. The van der Waals surface area contributed by atoms with Gasteiger partial charge in [-0.1, -0.05) is 30.3 Å². The summed E-state index contributed by atoms with van der Waals surface area (Å²) in [4.78, 5) is 13.6. The van der Waals surface area contributed by atoms with Crippen LogP contribution in [0.3, 0.4) is 0 Å². The molecule has 29 heavy (non-hydrogen) atoms. The lowest BCUT2D eigenvalue weighted by Crippen LogP contribution is -2.30. The van der Waals surface area contributed by atoms with Gasteiger partial charge in [0.2, 0.25) is 0 Å². The molecule has 0 aliphatic carbocycles. The van der Waals surface area contributed by atoms with Crippen molar-refractivity contribution in [1.29, 1.82) is 0 Å². The predicted octanol–water partition coefficient (Wildman–Crippen LogP) is 2.83. The number of hydrogen-bond donors (Lipinski definition) is 2. The zero-order chi connectivity index (χ0) is 20.1. The number of nitrogens with zero attached hydrogens (tertiary/aromatic N) is 5. The molecular formula is C20H19N7OS. The summed E-state index contributed by atoms with van der Waals surface area (Å²) in [6.07, 6.45) is 5.46. The highest BCUT2D eigenvalue weighted by Gasteiger charge is 2.08. The molecule has 0 atom stereocenters. The van der Waals surface area contributed by atoms with Crippen LogP contribution in [0.1, 0.15) is 5.56 Å². The maximum atomic E-state index is 5.19. The van der Waals surface area contributed by atoms with Crippen LogP contribution in [0, 0.1) is 0 Å². The van der Waals surface area contributed by atoms with E-state index in [0.29, 0.717) is 41.1 Å². The maximum absolute atomic E-state index is 5.19. The van der Waals surface area contributed by atoms with Crippen LogP contribution in [-0.4, -0.2) is 43.7 Å². The molecule has 146 valence electrons. The van der Waals surface area contributed by atoms with Gasteiger partial charge in [-0.05, 0) is 29.9 Å². The van der Waals surface area contributed by atoms with Crippen LogP contribution >= 0.6 is 12.2 Å². The summed E-state index contributed by atoms with van der Waals surface area (Å²) in [6, 6.07) is 13.8. The van der Waals surface area contributed by atoms with Gasteiger partial charge in [-0.25, -0.2) is 9.97 Å². The van der Waals surface area contributed by atoms with E-state index in [1.807, 2.05) is 35.1 Å². The number of nitrogens with one attached hydrogen (secondary N) is 2. The van der Waals surface area contributed by atoms with Gasteiger partial charge in [0.1, 0.15) is 18.1 Å². The van der Waals surface area contributed by atoms with Gasteiger partial charge in [-0.15, -0.1) is 0 Å². The molecule has 4 rings (SSSR count). The number of hydrogen-bond acceptors (Lipinski definition) is 6. The summed E-state index contributed by atoms with van der Waals surface area (Å²) in [5, 5.41) is 10.8. The van der Waals surface area contributed by atoms with E-state index in [1.165, 1.54) is 5.56 Å². The Kier molecular flexibility index (Phi) is 5.68. The Labute approximate surface area is 173 Å². The van der Waals surface area contributed by atoms with Crippen LogP contribution in [-0.2, 0) is 11.3 Å². The Morgan fingerprint density at radius 1 is 1.10 bits per heavy atom. The van der Waals surface area contributed by atoms with Gasteiger partial charge in [0, 0.05) is 18.9 Å². The summed E-state index contributed by atoms with van der Waals surface area (Å²) in [5.41, 5.74) is 4.00. The van der Waals surface area contributed by atoms with E-state index in [0.717, 1.165) is 5.56 Å². The first-order valence-corrected chi connectivity index (χ1v) is 9.36. The molecule has 0 spiro atoms. The smallest absolute Gasteiger partial charge is 0.180 e. The number of benzene rings is 1. The van der Waals surface area contributed by atoms with Crippen molar-refractivity contribution in [2.24, 2.45) is 0 Å². The van der Waals surface area contributed by atoms with Gasteiger partial charge in [-0.3, -0.25) is 9.67 Å². The second-order valence-corrected chi connectivity index (χ2v) is 6.68. The standard InChI is InChI=1S/C20H19N7OS/c1-28-13-22-20(29)26-18-8-7-16-19(25-18)24-17(10-21-16)15-9-23-27(12-15)11-14-5-3-2-4-6-14/h2-10,12H,11,13H2,1H3,(H2,22,24,25,26,29). The fourth-order valence-corrected chi connectivity index (χ4v) is 2.92. The van der Waals surface area contributed by atoms with Crippen LogP contribution < -0.4 is 10.6 Å². The lowest BCUT2D eigenvalue weighted by Gasteiger charge is -2.09. The quantitative estimate of drug-likeness (QED) is 0.374. The minimum atomic E-state index is 0.316. The maximum Gasteiger partial charge on any atom is 0.180 e. The summed E-state index contributed by atoms with van der Waals surface area (Å²) < 4.78 is 6.81. The molecule has 0 saturated carbocycles. The van der Waals surface area contributed by atoms with Crippen molar-refractivity contribution in [3.8, 4) is 11.3 Å². The van der Waals surface area contributed by atoms with E-state index < -0.39 is 0 Å². The van der Waals surface area contributed by atoms with E-state index >= 15 is 0 Å². The van der Waals surface area contributed by atoms with Gasteiger partial charge in [0.05, 0.1) is 24.6 Å². The van der Waals surface area contributed by atoms with E-state index in [9.17, 15) is 0 Å². The molecule has 4 aromatic rings. The second-order valence-electron chi connectivity index (χ2n) is 6.27. The van der Waals surface area contributed by atoms with Crippen molar-refractivity contribution in [2.75, 3.05) is 19.2 Å². The molecule has 9 heteroatoms. The van der Waals surface area contributed by atoms with Crippen molar-refractivity contribution in [1.82, 2.24) is 30.0 Å². The summed E-state index contributed by atoms with van der Waals surface area (Å²) in [7, 11) is 1.59. The molecule has 2 N–H and O–H groups in total. The molecule has 1 aromatic carbocycles. The molecule has 0 radical (unpaired) electrons. The zero-order valence-corrected chi connectivity index (χ0v) is 16.6. The van der Waals surface area contributed by atoms with Crippen LogP contribution in [0.2, 0.25) is 0 Å². The summed E-state index contributed by atoms with van der Waals surface area (Å²) in [6.45, 7) is 1.01. The third-order valence-corrected chi connectivity index (χ3v) is 4.39. The molecular weight excluding hydrogens is 386 g/mol. The topological polar surface area (TPSA) is 89.8 Å². The number of rotatable bonds is 6. The SMILES string of the molecule is COCNC(=S)Nc1ccc2ncc(-c3cnn(Cc4ccccc4)c3)nc2n1. The molecule has 0 amide bonds. The lowest BCUT2D eigenvalue weighted by atomic mass is 10.2. The molecule has 0 saturated heterocycles. The minimum absolute atomic E-state index is 0.316. The summed E-state index contributed by atoms with van der Waals surface area (Å²) in [5.74, 6) is 0.581. The van der Waals surface area contributed by atoms with Crippen molar-refractivity contribution < 1.29 is 4.74 Å². The Balaban J connectivity index is 1.54. The van der Waals surface area contributed by atoms with Gasteiger partial charge in [0.25, 0.3) is 0 Å². The zero-order valence-electron chi connectivity index (χ0n) is 15.7. The number of methoxy groups -OCH3 is 1. The third kappa shape index (κ3) is 4.71. The first-order chi connectivity index (χ1) is 14.2. The van der Waals surface area contributed by atoms with Gasteiger partial charge in [-0.2, -0.15) is 5.10 Å². The number of anilines is 1. The van der Waals surface area contributed by atoms with Crippen molar-refractivity contribution in [2.45, 2.75) is 6.54 Å². The largest absolute Gasteiger partial charge is 0.365 e. The van der Waals surface area contributed by atoms with E-state index in [1.54, 1.807) is 25.6 Å². The van der Waals surface area contributed by atoms with Crippen LogP contribution in [0.5, 0.6) is 0 Å². The van der Waals surface area contributed by atoms with Crippen LogP contribution in [0.4, 0.5) is 5.82 Å². The van der Waals surface area contributed by atoms with Gasteiger partial charge >= 0.3 is 0 Å². The molecule has 3 aromatic heterocycles. The molecule has 0 unspecified atom stereocenters. The molecule has 0 aliphatic heterocycles. The van der Waals surface area contributed by atoms with Crippen LogP contribution in [0.15, 0.2) is 61.1 Å². The molecule has 3 heterocycles. The van der Waals surface area contributed by atoms with E-state index in [4.69, 9.17) is 17.0 Å². The number of aromatic nitrogens is 5.